The third-order valence-electron chi connectivity index (χ3n) is 3.82. The highest BCUT2D eigenvalue weighted by atomic mass is 16.2. The van der Waals surface area contributed by atoms with Crippen LogP contribution in [0.4, 0.5) is 5.82 Å². The van der Waals surface area contributed by atoms with Crippen molar-refractivity contribution < 1.29 is 4.79 Å². The number of anilines is 1. The van der Waals surface area contributed by atoms with Gasteiger partial charge in [0.2, 0.25) is 0 Å². The Morgan fingerprint density at radius 3 is 2.81 bits per heavy atom. The van der Waals surface area contributed by atoms with Gasteiger partial charge in [0.1, 0.15) is 0 Å². The molecule has 0 atom stereocenters. The third-order valence-corrected chi connectivity index (χ3v) is 3.82. The zero-order valence-electron chi connectivity index (χ0n) is 11.7. The van der Waals surface area contributed by atoms with Gasteiger partial charge in [-0.25, -0.2) is 10.8 Å². The largest absolute Gasteiger partial charge is 0.334 e. The van der Waals surface area contributed by atoms with Crippen LogP contribution in [0.25, 0.3) is 0 Å². The number of pyridine rings is 1. The number of nitrogens with two attached hydrogens (primary N) is 1. The van der Waals surface area contributed by atoms with Crippen molar-refractivity contribution >= 4 is 11.7 Å². The summed E-state index contributed by atoms with van der Waals surface area (Å²) < 4.78 is 0. The number of carbonyl (C=O) groups excluding carboxylic acids is 1. The normalized spacial score (nSPS) is 14.2. The molecule has 0 fully saturated rings. The van der Waals surface area contributed by atoms with E-state index in [1.807, 2.05) is 17.0 Å². The number of aromatic nitrogens is 1. The smallest absolute Gasteiger partial charge is 0.257 e. The van der Waals surface area contributed by atoms with E-state index in [1.165, 1.54) is 11.1 Å². The maximum absolute atomic E-state index is 12.7. The maximum Gasteiger partial charge on any atom is 0.257 e. The number of carbonyl (C=O) groups is 1. The minimum Gasteiger partial charge on any atom is -0.334 e. The monoisotopic (exact) mass is 282 g/mol. The number of fused-ring (bicyclic) bond motifs is 1. The summed E-state index contributed by atoms with van der Waals surface area (Å²) in [6.45, 7) is 1.38. The molecule has 1 aromatic heterocycles. The second kappa shape index (κ2) is 5.93. The van der Waals surface area contributed by atoms with Crippen molar-refractivity contribution in [3.63, 3.8) is 0 Å². The topological polar surface area (TPSA) is 71.2 Å². The van der Waals surface area contributed by atoms with Crippen molar-refractivity contribution in [2.45, 2.75) is 19.4 Å². The quantitative estimate of drug-likeness (QED) is 0.652. The number of aryl methyl sites for hydroxylation is 1. The van der Waals surface area contributed by atoms with Crippen molar-refractivity contribution in [1.82, 2.24) is 9.88 Å². The van der Waals surface area contributed by atoms with Crippen molar-refractivity contribution in [3.05, 3.63) is 59.3 Å². The number of benzene rings is 1. The Labute approximate surface area is 123 Å². The van der Waals surface area contributed by atoms with Crippen LogP contribution in [0, 0.1) is 0 Å². The summed E-state index contributed by atoms with van der Waals surface area (Å²) in [7, 11) is 0. The van der Waals surface area contributed by atoms with E-state index >= 15 is 0 Å². The predicted octanol–water partition coefficient (Wildman–Crippen LogP) is 1.96. The molecule has 2 heterocycles. The van der Waals surface area contributed by atoms with Gasteiger partial charge in [-0.05, 0) is 36.1 Å². The van der Waals surface area contributed by atoms with Crippen LogP contribution in [0.5, 0.6) is 0 Å². The number of rotatable bonds is 2. The Morgan fingerprint density at radius 2 is 2.00 bits per heavy atom. The average molecular weight is 282 g/mol. The number of nitrogens with one attached hydrogen (secondary N) is 1. The molecule has 0 spiro atoms. The zero-order chi connectivity index (χ0) is 14.7. The Morgan fingerprint density at radius 1 is 1.19 bits per heavy atom. The molecule has 0 unspecified atom stereocenters. The SMILES string of the molecule is NNc1ncccc1C(=O)N1CCCc2ccccc2C1. The minimum atomic E-state index is -0.0345. The molecule has 0 saturated heterocycles. The Balaban J connectivity index is 1.88. The van der Waals surface area contributed by atoms with Gasteiger partial charge in [-0.3, -0.25) is 4.79 Å². The van der Waals surface area contributed by atoms with E-state index in [9.17, 15) is 4.79 Å². The van der Waals surface area contributed by atoms with Gasteiger partial charge in [-0.2, -0.15) is 0 Å². The second-order valence-corrected chi connectivity index (χ2v) is 5.14. The van der Waals surface area contributed by atoms with Gasteiger partial charge in [0, 0.05) is 19.3 Å². The standard InChI is InChI=1S/C16H18N4O/c17-19-15-14(8-3-9-18-15)16(21)20-10-4-7-12-5-1-2-6-13(12)11-20/h1-3,5-6,8-9H,4,7,10-11,17H2,(H,18,19). The highest BCUT2D eigenvalue weighted by Crippen LogP contribution is 2.21. The van der Waals surface area contributed by atoms with Crippen LogP contribution in [0.1, 0.15) is 27.9 Å². The highest BCUT2D eigenvalue weighted by molar-refractivity contribution is 5.98. The number of nitrogen functional groups attached to an aromatic ring is 1. The molecule has 1 aliphatic heterocycles. The zero-order valence-corrected chi connectivity index (χ0v) is 11.7. The molecule has 0 saturated carbocycles. The van der Waals surface area contributed by atoms with Gasteiger partial charge in [0.05, 0.1) is 5.56 Å². The Kier molecular flexibility index (Phi) is 3.83. The summed E-state index contributed by atoms with van der Waals surface area (Å²) in [6, 6.07) is 11.8. The molecule has 108 valence electrons. The first-order chi connectivity index (χ1) is 10.3. The molecule has 0 radical (unpaired) electrons. The van der Waals surface area contributed by atoms with Crippen LogP contribution in [0.2, 0.25) is 0 Å². The molecule has 0 bridgehead atoms. The van der Waals surface area contributed by atoms with Gasteiger partial charge in [-0.15, -0.1) is 0 Å². The van der Waals surface area contributed by atoms with Crippen LogP contribution < -0.4 is 11.3 Å². The first-order valence-corrected chi connectivity index (χ1v) is 7.07. The number of hydrogen-bond acceptors (Lipinski definition) is 4. The van der Waals surface area contributed by atoms with E-state index in [0.717, 1.165) is 19.4 Å². The molecule has 1 amide bonds. The van der Waals surface area contributed by atoms with E-state index in [4.69, 9.17) is 5.84 Å². The molecule has 1 aromatic carbocycles. The van der Waals surface area contributed by atoms with Gasteiger partial charge in [-0.1, -0.05) is 24.3 Å². The van der Waals surface area contributed by atoms with Gasteiger partial charge < -0.3 is 10.3 Å². The third kappa shape index (κ3) is 2.73. The molecule has 3 N–H and O–H groups in total. The fourth-order valence-corrected chi connectivity index (χ4v) is 2.74. The lowest BCUT2D eigenvalue weighted by Crippen LogP contribution is -2.31. The summed E-state index contributed by atoms with van der Waals surface area (Å²) in [4.78, 5) is 18.7. The Hall–Kier alpha value is -2.40. The van der Waals surface area contributed by atoms with Crippen LogP contribution in [0.3, 0.4) is 0 Å². The minimum absolute atomic E-state index is 0.0345. The molecule has 2 aromatic rings. The van der Waals surface area contributed by atoms with E-state index < -0.39 is 0 Å². The Bertz CT molecular complexity index is 656. The van der Waals surface area contributed by atoms with Crippen LogP contribution in [0.15, 0.2) is 42.6 Å². The second-order valence-electron chi connectivity index (χ2n) is 5.14. The summed E-state index contributed by atoms with van der Waals surface area (Å²) in [5.41, 5.74) is 5.55. The molecule has 21 heavy (non-hydrogen) atoms. The number of hydrogen-bond donors (Lipinski definition) is 2. The van der Waals surface area contributed by atoms with E-state index in [0.29, 0.717) is 17.9 Å². The fraction of sp³-hybridized carbons (Fsp3) is 0.250. The summed E-state index contributed by atoms with van der Waals surface area (Å²) >= 11 is 0. The first-order valence-electron chi connectivity index (χ1n) is 7.07. The average Bonchev–Trinajstić information content (AvgIpc) is 2.76. The number of nitrogens with zero attached hydrogens (tertiary/aromatic N) is 2. The van der Waals surface area contributed by atoms with Crippen LogP contribution in [-0.4, -0.2) is 22.3 Å². The lowest BCUT2D eigenvalue weighted by atomic mass is 10.0. The van der Waals surface area contributed by atoms with Crippen molar-refractivity contribution in [1.29, 1.82) is 0 Å². The van der Waals surface area contributed by atoms with Gasteiger partial charge in [0.15, 0.2) is 5.82 Å². The number of amides is 1. The molecule has 5 nitrogen and oxygen atoms in total. The van der Waals surface area contributed by atoms with E-state index in [1.54, 1.807) is 18.3 Å². The maximum atomic E-state index is 12.7. The van der Waals surface area contributed by atoms with E-state index in [2.05, 4.69) is 22.5 Å². The first kappa shape index (κ1) is 13.6. The lowest BCUT2D eigenvalue weighted by molar-refractivity contribution is 0.0746. The van der Waals surface area contributed by atoms with E-state index in [-0.39, 0.29) is 5.91 Å². The number of hydrazine groups is 1. The molecule has 5 heteroatoms. The summed E-state index contributed by atoms with van der Waals surface area (Å²) in [5, 5.41) is 0. The fourth-order valence-electron chi connectivity index (χ4n) is 2.74. The van der Waals surface area contributed by atoms with Gasteiger partial charge in [0.25, 0.3) is 5.91 Å². The van der Waals surface area contributed by atoms with Crippen LogP contribution >= 0.6 is 0 Å². The highest BCUT2D eigenvalue weighted by Gasteiger charge is 2.22. The van der Waals surface area contributed by atoms with Gasteiger partial charge >= 0.3 is 0 Å². The predicted molar refractivity (Wildman–Crippen MR) is 81.6 cm³/mol. The van der Waals surface area contributed by atoms with Crippen molar-refractivity contribution in [3.8, 4) is 0 Å². The molecule has 0 aliphatic carbocycles. The molecular weight excluding hydrogens is 264 g/mol. The van der Waals surface area contributed by atoms with Crippen molar-refractivity contribution in [2.24, 2.45) is 5.84 Å². The molecular formula is C16H18N4O. The summed E-state index contributed by atoms with van der Waals surface area (Å²) in [5.74, 6) is 5.82. The summed E-state index contributed by atoms with van der Waals surface area (Å²) in [6.07, 6.45) is 3.59. The van der Waals surface area contributed by atoms with Crippen molar-refractivity contribution in [2.75, 3.05) is 12.0 Å². The van der Waals surface area contributed by atoms with Crippen LogP contribution in [-0.2, 0) is 13.0 Å². The molecule has 3 rings (SSSR count). The molecule has 1 aliphatic rings. The lowest BCUT2D eigenvalue weighted by Gasteiger charge is -2.21.